The number of hydrogen-bond donors (Lipinski definition) is 1. The largest absolute Gasteiger partial charge is 0.508 e. The number of aromatic hydroxyl groups is 1. The van der Waals surface area contributed by atoms with Gasteiger partial charge < -0.3 is 9.84 Å². The summed E-state index contributed by atoms with van der Waals surface area (Å²) < 4.78 is 5.41. The molecule has 1 aromatic rings. The van der Waals surface area contributed by atoms with E-state index in [1.807, 2.05) is 18.2 Å². The van der Waals surface area contributed by atoms with Crippen molar-refractivity contribution in [2.24, 2.45) is 5.41 Å². The van der Waals surface area contributed by atoms with Crippen molar-refractivity contribution in [3.8, 4) is 17.6 Å². The van der Waals surface area contributed by atoms with Crippen molar-refractivity contribution in [2.75, 3.05) is 26.3 Å². The summed E-state index contributed by atoms with van der Waals surface area (Å²) in [5, 5.41) is 10.1. The molecule has 1 unspecified atom stereocenters. The first-order valence-electron chi connectivity index (χ1n) is 7.10. The number of nitrogens with zero attached hydrogens (tertiary/aromatic N) is 1. The Morgan fingerprint density at radius 3 is 2.45 bits per heavy atom. The number of phenols is 1. The van der Waals surface area contributed by atoms with Crippen LogP contribution in [0.3, 0.4) is 0 Å². The van der Waals surface area contributed by atoms with Crippen molar-refractivity contribution < 1.29 is 9.84 Å². The van der Waals surface area contributed by atoms with Gasteiger partial charge in [0.1, 0.15) is 11.8 Å². The summed E-state index contributed by atoms with van der Waals surface area (Å²) in [5.74, 6) is 6.96. The van der Waals surface area contributed by atoms with Crippen molar-refractivity contribution in [1.29, 1.82) is 0 Å². The lowest BCUT2D eigenvalue weighted by Crippen LogP contribution is -2.38. The van der Waals surface area contributed by atoms with Crippen molar-refractivity contribution in [3.63, 3.8) is 0 Å². The van der Waals surface area contributed by atoms with Crippen LogP contribution in [0.5, 0.6) is 5.75 Å². The summed E-state index contributed by atoms with van der Waals surface area (Å²) >= 11 is 0. The molecule has 1 aliphatic heterocycles. The van der Waals surface area contributed by atoms with Crippen LogP contribution in [0.25, 0.3) is 0 Å². The Bertz CT molecular complexity index is 502. The molecule has 0 amide bonds. The molecule has 1 atom stereocenters. The second-order valence-electron chi connectivity index (χ2n) is 6.13. The first kappa shape index (κ1) is 14.9. The molecule has 0 aliphatic carbocycles. The highest BCUT2D eigenvalue weighted by Gasteiger charge is 2.23. The predicted molar refractivity (Wildman–Crippen MR) is 80.5 cm³/mol. The van der Waals surface area contributed by atoms with Gasteiger partial charge in [0.15, 0.2) is 0 Å². The number of benzene rings is 1. The van der Waals surface area contributed by atoms with E-state index in [2.05, 4.69) is 37.5 Å². The number of para-hydroxylation sites is 1. The molecule has 1 aromatic carbocycles. The Morgan fingerprint density at radius 1 is 1.20 bits per heavy atom. The number of hydrogen-bond acceptors (Lipinski definition) is 3. The molecular formula is C17H23NO2. The summed E-state index contributed by atoms with van der Waals surface area (Å²) in [6, 6.07) is 7.39. The van der Waals surface area contributed by atoms with Gasteiger partial charge in [0.05, 0.1) is 13.2 Å². The Labute approximate surface area is 121 Å². The van der Waals surface area contributed by atoms with E-state index in [1.54, 1.807) is 6.07 Å². The molecule has 3 heteroatoms. The highest BCUT2D eigenvalue weighted by molar-refractivity contribution is 5.39. The van der Waals surface area contributed by atoms with E-state index in [9.17, 15) is 5.11 Å². The smallest absolute Gasteiger partial charge is 0.121 e. The maximum absolute atomic E-state index is 10.1. The van der Waals surface area contributed by atoms with Crippen molar-refractivity contribution >= 4 is 0 Å². The third-order valence-electron chi connectivity index (χ3n) is 3.23. The van der Waals surface area contributed by atoms with Crippen LogP contribution >= 0.6 is 0 Å². The topological polar surface area (TPSA) is 32.7 Å². The van der Waals surface area contributed by atoms with Gasteiger partial charge in [-0.15, -0.1) is 0 Å². The fourth-order valence-corrected chi connectivity index (χ4v) is 2.21. The fraction of sp³-hybridized carbons (Fsp3) is 0.529. The Hall–Kier alpha value is -1.50. The molecule has 3 nitrogen and oxygen atoms in total. The van der Waals surface area contributed by atoms with Crippen LogP contribution in [0.2, 0.25) is 0 Å². The summed E-state index contributed by atoms with van der Waals surface area (Å²) in [4.78, 5) is 2.28. The molecule has 1 N–H and O–H groups in total. The number of rotatable bonds is 2. The quantitative estimate of drug-likeness (QED) is 0.841. The molecule has 108 valence electrons. The van der Waals surface area contributed by atoms with Gasteiger partial charge in [0.2, 0.25) is 0 Å². The maximum atomic E-state index is 10.1. The highest BCUT2D eigenvalue weighted by Crippen LogP contribution is 2.29. The minimum Gasteiger partial charge on any atom is -0.508 e. The molecule has 0 radical (unpaired) electrons. The van der Waals surface area contributed by atoms with Crippen LogP contribution in [-0.4, -0.2) is 36.3 Å². The van der Waals surface area contributed by atoms with Crippen molar-refractivity contribution in [3.05, 3.63) is 29.8 Å². The van der Waals surface area contributed by atoms with Gasteiger partial charge in [0, 0.05) is 24.1 Å². The van der Waals surface area contributed by atoms with Gasteiger partial charge in [-0.3, -0.25) is 4.90 Å². The van der Waals surface area contributed by atoms with Crippen LogP contribution in [0.15, 0.2) is 24.3 Å². The zero-order chi connectivity index (χ0) is 14.6. The molecule has 1 fully saturated rings. The number of morpholine rings is 1. The monoisotopic (exact) mass is 273 g/mol. The summed E-state index contributed by atoms with van der Waals surface area (Å²) in [6.45, 7) is 9.43. The van der Waals surface area contributed by atoms with E-state index in [1.165, 1.54) is 0 Å². The zero-order valence-corrected chi connectivity index (χ0v) is 12.5. The van der Waals surface area contributed by atoms with Gasteiger partial charge in [0.25, 0.3) is 0 Å². The molecular weight excluding hydrogens is 250 g/mol. The molecule has 0 bridgehead atoms. The van der Waals surface area contributed by atoms with Gasteiger partial charge in [-0.25, -0.2) is 0 Å². The first-order chi connectivity index (χ1) is 9.47. The molecule has 20 heavy (non-hydrogen) atoms. The maximum Gasteiger partial charge on any atom is 0.121 e. The van der Waals surface area contributed by atoms with E-state index >= 15 is 0 Å². The Balaban J connectivity index is 2.32. The van der Waals surface area contributed by atoms with Gasteiger partial charge in [-0.1, -0.05) is 30.0 Å². The third-order valence-corrected chi connectivity index (χ3v) is 3.23. The highest BCUT2D eigenvalue weighted by atomic mass is 16.5. The van der Waals surface area contributed by atoms with Crippen LogP contribution in [0.1, 0.15) is 32.4 Å². The molecule has 0 saturated carbocycles. The SMILES string of the molecule is CC(C)(C)C#CC(c1ccccc1O)N1CCOCC1. The van der Waals surface area contributed by atoms with Gasteiger partial charge in [-0.2, -0.15) is 0 Å². The average molecular weight is 273 g/mol. The Kier molecular flexibility index (Phi) is 4.69. The lowest BCUT2D eigenvalue weighted by atomic mass is 9.95. The summed E-state index contributed by atoms with van der Waals surface area (Å²) in [6.07, 6.45) is 0. The zero-order valence-electron chi connectivity index (χ0n) is 12.5. The number of phenolic OH excluding ortho intramolecular Hbond substituents is 1. The minimum atomic E-state index is -0.0701. The molecule has 1 saturated heterocycles. The summed E-state index contributed by atoms with van der Waals surface area (Å²) in [7, 11) is 0. The van der Waals surface area contributed by atoms with E-state index in [4.69, 9.17) is 4.74 Å². The lowest BCUT2D eigenvalue weighted by Gasteiger charge is -2.32. The average Bonchev–Trinajstić information content (AvgIpc) is 2.41. The lowest BCUT2D eigenvalue weighted by molar-refractivity contribution is 0.0265. The Morgan fingerprint density at radius 2 is 1.85 bits per heavy atom. The van der Waals surface area contributed by atoms with Crippen LogP contribution < -0.4 is 0 Å². The molecule has 0 spiro atoms. The summed E-state index contributed by atoms with van der Waals surface area (Å²) in [5.41, 5.74) is 0.834. The van der Waals surface area contributed by atoms with Crippen LogP contribution in [0, 0.1) is 17.3 Å². The second-order valence-corrected chi connectivity index (χ2v) is 6.13. The van der Waals surface area contributed by atoms with Crippen LogP contribution in [-0.2, 0) is 4.74 Å². The van der Waals surface area contributed by atoms with Gasteiger partial charge >= 0.3 is 0 Å². The first-order valence-corrected chi connectivity index (χ1v) is 7.10. The molecule has 2 rings (SSSR count). The third kappa shape index (κ3) is 4.00. The predicted octanol–water partition coefficient (Wildman–Crippen LogP) is 2.82. The molecule has 1 heterocycles. The molecule has 1 aliphatic rings. The second kappa shape index (κ2) is 6.30. The van der Waals surface area contributed by atoms with E-state index in [0.29, 0.717) is 5.75 Å². The normalized spacial score (nSPS) is 18.1. The van der Waals surface area contributed by atoms with E-state index < -0.39 is 0 Å². The fourth-order valence-electron chi connectivity index (χ4n) is 2.21. The standard InChI is InChI=1S/C17H23NO2/c1-17(2,3)9-8-15(18-10-12-20-13-11-18)14-6-4-5-7-16(14)19/h4-7,15,19H,10-13H2,1-3H3. The van der Waals surface area contributed by atoms with Crippen molar-refractivity contribution in [1.82, 2.24) is 4.90 Å². The van der Waals surface area contributed by atoms with Gasteiger partial charge in [-0.05, 0) is 26.8 Å². The van der Waals surface area contributed by atoms with Crippen LogP contribution in [0.4, 0.5) is 0 Å². The molecule has 0 aromatic heterocycles. The van der Waals surface area contributed by atoms with E-state index in [-0.39, 0.29) is 11.5 Å². The van der Waals surface area contributed by atoms with Crippen molar-refractivity contribution in [2.45, 2.75) is 26.8 Å². The van der Waals surface area contributed by atoms with E-state index in [0.717, 1.165) is 31.9 Å². The minimum absolute atomic E-state index is 0.0467. The number of ether oxygens (including phenoxy) is 1.